The number of hydrogen-bond acceptors (Lipinski definition) is 5. The predicted molar refractivity (Wildman–Crippen MR) is 96.1 cm³/mol. The van der Waals surface area contributed by atoms with Crippen LogP contribution in [0.15, 0.2) is 47.1 Å². The molecule has 1 aromatic heterocycles. The number of furan rings is 1. The van der Waals surface area contributed by atoms with Crippen LogP contribution in [0.1, 0.15) is 18.6 Å². The molecule has 2 aromatic rings. The monoisotopic (exact) mass is 356 g/mol. The van der Waals surface area contributed by atoms with Crippen molar-refractivity contribution < 1.29 is 18.7 Å². The number of hydrogen-bond donors (Lipinski definition) is 1. The Morgan fingerprint density at radius 1 is 1.12 bits per heavy atom. The molecule has 6 nitrogen and oxygen atoms in total. The van der Waals surface area contributed by atoms with E-state index in [1.54, 1.807) is 6.26 Å². The van der Waals surface area contributed by atoms with Gasteiger partial charge in [0.1, 0.15) is 18.5 Å². The minimum Gasteiger partial charge on any atom is -0.486 e. The zero-order valence-electron chi connectivity index (χ0n) is 14.7. The summed E-state index contributed by atoms with van der Waals surface area (Å²) in [6.07, 6.45) is 3.30. The van der Waals surface area contributed by atoms with Crippen LogP contribution in [0.5, 0.6) is 11.5 Å². The number of carbonyl (C=O) groups is 1. The van der Waals surface area contributed by atoms with Crippen molar-refractivity contribution in [3.8, 4) is 11.5 Å². The van der Waals surface area contributed by atoms with Gasteiger partial charge in [-0.25, -0.2) is 0 Å². The Kier molecular flexibility index (Phi) is 5.11. The molecular formula is C20H24N2O4. The van der Waals surface area contributed by atoms with E-state index in [0.717, 1.165) is 49.7 Å². The van der Waals surface area contributed by atoms with E-state index in [1.807, 2.05) is 36.4 Å². The highest BCUT2D eigenvalue weighted by molar-refractivity contribution is 5.78. The van der Waals surface area contributed by atoms with Gasteiger partial charge in [-0.3, -0.25) is 9.69 Å². The molecule has 0 bridgehead atoms. The molecule has 1 fully saturated rings. The number of para-hydroxylation sites is 2. The summed E-state index contributed by atoms with van der Waals surface area (Å²) in [5.41, 5.74) is 0. The van der Waals surface area contributed by atoms with Gasteiger partial charge in [0, 0.05) is 5.92 Å². The molecule has 6 heteroatoms. The molecule has 26 heavy (non-hydrogen) atoms. The molecule has 138 valence electrons. The minimum absolute atomic E-state index is 0.0691. The highest BCUT2D eigenvalue weighted by atomic mass is 16.6. The minimum atomic E-state index is -0.145. The summed E-state index contributed by atoms with van der Waals surface area (Å²) >= 11 is 0. The zero-order chi connectivity index (χ0) is 17.8. The highest BCUT2D eigenvalue weighted by Gasteiger charge is 2.27. The van der Waals surface area contributed by atoms with Crippen LogP contribution in [0, 0.1) is 5.92 Å². The van der Waals surface area contributed by atoms with Crippen LogP contribution in [-0.4, -0.2) is 43.2 Å². The van der Waals surface area contributed by atoms with Gasteiger partial charge >= 0.3 is 0 Å². The Labute approximate surface area is 153 Å². The molecule has 0 aliphatic carbocycles. The van der Waals surface area contributed by atoms with Gasteiger partial charge in [0.15, 0.2) is 11.5 Å². The SMILES string of the molecule is O=C(NCC1COc2ccccc2O1)C1CCN(Cc2ccco2)CC1. The number of nitrogens with zero attached hydrogens (tertiary/aromatic N) is 1. The number of amides is 1. The first-order valence-corrected chi connectivity index (χ1v) is 9.19. The fourth-order valence-corrected chi connectivity index (χ4v) is 3.50. The Balaban J connectivity index is 1.20. The summed E-state index contributed by atoms with van der Waals surface area (Å²) in [6, 6.07) is 11.5. The summed E-state index contributed by atoms with van der Waals surface area (Å²) < 4.78 is 17.0. The van der Waals surface area contributed by atoms with Gasteiger partial charge in [-0.05, 0) is 50.2 Å². The number of nitrogens with one attached hydrogen (secondary N) is 1. The fourth-order valence-electron chi connectivity index (χ4n) is 3.50. The van der Waals surface area contributed by atoms with Crippen LogP contribution in [0.4, 0.5) is 0 Å². The number of fused-ring (bicyclic) bond motifs is 1. The first kappa shape index (κ1) is 17.0. The molecule has 1 saturated heterocycles. The summed E-state index contributed by atoms with van der Waals surface area (Å²) in [5, 5.41) is 3.03. The summed E-state index contributed by atoms with van der Waals surface area (Å²) in [6.45, 7) is 3.57. The van der Waals surface area contributed by atoms with Gasteiger partial charge in [0.25, 0.3) is 0 Å². The van der Waals surface area contributed by atoms with Gasteiger partial charge in [0.05, 0.1) is 19.4 Å². The van der Waals surface area contributed by atoms with Crippen LogP contribution < -0.4 is 14.8 Å². The molecule has 0 spiro atoms. The first-order chi connectivity index (χ1) is 12.8. The second kappa shape index (κ2) is 7.83. The summed E-state index contributed by atoms with van der Waals surface area (Å²) in [4.78, 5) is 14.8. The van der Waals surface area contributed by atoms with Crippen molar-refractivity contribution >= 4 is 5.91 Å². The second-order valence-electron chi connectivity index (χ2n) is 6.87. The third kappa shape index (κ3) is 4.02. The van der Waals surface area contributed by atoms with Crippen LogP contribution >= 0.6 is 0 Å². The van der Waals surface area contributed by atoms with Crippen LogP contribution in [0.25, 0.3) is 0 Å². The Bertz CT molecular complexity index is 723. The average molecular weight is 356 g/mol. The first-order valence-electron chi connectivity index (χ1n) is 9.19. The third-order valence-corrected chi connectivity index (χ3v) is 4.99. The number of benzene rings is 1. The molecule has 1 unspecified atom stereocenters. The number of carbonyl (C=O) groups excluding carboxylic acids is 1. The molecular weight excluding hydrogens is 332 g/mol. The maximum atomic E-state index is 12.5. The van der Waals surface area contributed by atoms with Gasteiger partial charge < -0.3 is 19.2 Å². The van der Waals surface area contributed by atoms with Gasteiger partial charge in [-0.2, -0.15) is 0 Å². The Hall–Kier alpha value is -2.47. The van der Waals surface area contributed by atoms with E-state index < -0.39 is 0 Å². The lowest BCUT2D eigenvalue weighted by molar-refractivity contribution is -0.127. The number of rotatable bonds is 5. The predicted octanol–water partition coefficient (Wildman–Crippen LogP) is 2.45. The van der Waals surface area contributed by atoms with Crippen molar-refractivity contribution in [1.82, 2.24) is 10.2 Å². The van der Waals surface area contributed by atoms with Crippen molar-refractivity contribution in [3.63, 3.8) is 0 Å². The normalized spacial score (nSPS) is 20.7. The van der Waals surface area contributed by atoms with Crippen LogP contribution in [-0.2, 0) is 11.3 Å². The van der Waals surface area contributed by atoms with E-state index in [4.69, 9.17) is 13.9 Å². The molecule has 1 amide bonds. The molecule has 0 saturated carbocycles. The quantitative estimate of drug-likeness (QED) is 0.892. The topological polar surface area (TPSA) is 63.9 Å². The average Bonchev–Trinajstić information content (AvgIpc) is 3.19. The second-order valence-corrected chi connectivity index (χ2v) is 6.87. The Morgan fingerprint density at radius 3 is 2.69 bits per heavy atom. The smallest absolute Gasteiger partial charge is 0.223 e. The van der Waals surface area contributed by atoms with E-state index in [0.29, 0.717) is 13.2 Å². The highest BCUT2D eigenvalue weighted by Crippen LogP contribution is 2.30. The van der Waals surface area contributed by atoms with E-state index in [2.05, 4.69) is 10.2 Å². The zero-order valence-corrected chi connectivity index (χ0v) is 14.7. The molecule has 2 aliphatic rings. The van der Waals surface area contributed by atoms with Crippen LogP contribution in [0.2, 0.25) is 0 Å². The Morgan fingerprint density at radius 2 is 1.92 bits per heavy atom. The fraction of sp³-hybridized carbons (Fsp3) is 0.450. The largest absolute Gasteiger partial charge is 0.486 e. The molecule has 2 aliphatic heterocycles. The lowest BCUT2D eigenvalue weighted by Crippen LogP contribution is -2.45. The maximum absolute atomic E-state index is 12.5. The standard InChI is InChI=1S/C20H24N2O4/c23-20(15-7-9-22(10-8-15)13-16-4-3-11-24-16)21-12-17-14-25-18-5-1-2-6-19(18)26-17/h1-6,11,15,17H,7-10,12-14H2,(H,21,23). The van der Waals surface area contributed by atoms with Crippen molar-refractivity contribution in [1.29, 1.82) is 0 Å². The molecule has 3 heterocycles. The van der Waals surface area contributed by atoms with Gasteiger partial charge in [-0.15, -0.1) is 0 Å². The van der Waals surface area contributed by atoms with Crippen molar-refractivity contribution in [2.45, 2.75) is 25.5 Å². The molecule has 1 aromatic carbocycles. The molecule has 0 radical (unpaired) electrons. The summed E-state index contributed by atoms with van der Waals surface area (Å²) in [7, 11) is 0. The molecule has 1 atom stereocenters. The van der Waals surface area contributed by atoms with Crippen LogP contribution in [0.3, 0.4) is 0 Å². The third-order valence-electron chi connectivity index (χ3n) is 4.99. The van der Waals surface area contributed by atoms with Crippen molar-refractivity contribution in [2.75, 3.05) is 26.2 Å². The number of piperidine rings is 1. The molecule has 1 N–H and O–H groups in total. The van der Waals surface area contributed by atoms with E-state index in [1.165, 1.54) is 0 Å². The lowest BCUT2D eigenvalue weighted by atomic mass is 9.96. The van der Waals surface area contributed by atoms with Crippen molar-refractivity contribution in [3.05, 3.63) is 48.4 Å². The number of likely N-dealkylation sites (tertiary alicyclic amines) is 1. The number of ether oxygens (including phenoxy) is 2. The summed E-state index contributed by atoms with van der Waals surface area (Å²) in [5.74, 6) is 2.66. The van der Waals surface area contributed by atoms with E-state index in [-0.39, 0.29) is 17.9 Å². The van der Waals surface area contributed by atoms with E-state index in [9.17, 15) is 4.79 Å². The van der Waals surface area contributed by atoms with E-state index >= 15 is 0 Å². The lowest BCUT2D eigenvalue weighted by Gasteiger charge is -2.31. The molecule has 4 rings (SSSR count). The van der Waals surface area contributed by atoms with Gasteiger partial charge in [0.2, 0.25) is 5.91 Å². The van der Waals surface area contributed by atoms with Gasteiger partial charge in [-0.1, -0.05) is 12.1 Å². The maximum Gasteiger partial charge on any atom is 0.223 e. The van der Waals surface area contributed by atoms with Crippen molar-refractivity contribution in [2.24, 2.45) is 5.92 Å².